The zero-order valence-corrected chi connectivity index (χ0v) is 12.3. The number of carbonyl (C=O) groups is 1. The molecule has 0 bridgehead atoms. The Hall–Kier alpha value is -1.97. The molecule has 2 aromatic carbocycles. The van der Waals surface area contributed by atoms with Crippen LogP contribution in [0.25, 0.3) is 0 Å². The molecular weight excluding hydrogens is 264 g/mol. The number of hydrogen-bond donors (Lipinski definition) is 0. The lowest BCUT2D eigenvalue weighted by Crippen LogP contribution is -2.40. The highest BCUT2D eigenvalue weighted by Gasteiger charge is 2.45. The van der Waals surface area contributed by atoms with Gasteiger partial charge in [-0.25, -0.2) is 0 Å². The van der Waals surface area contributed by atoms with Crippen LogP contribution in [0.4, 0.5) is 0 Å². The van der Waals surface area contributed by atoms with Gasteiger partial charge in [0, 0.05) is 35.5 Å². The number of ether oxygens (including phenoxy) is 2. The average molecular weight is 282 g/mol. The fourth-order valence-corrected chi connectivity index (χ4v) is 2.99. The maximum Gasteiger partial charge on any atom is 0.223 e. The van der Waals surface area contributed by atoms with Gasteiger partial charge in [0.05, 0.1) is 0 Å². The Kier molecular flexibility index (Phi) is 3.62. The van der Waals surface area contributed by atoms with Gasteiger partial charge in [0.25, 0.3) is 0 Å². The summed E-state index contributed by atoms with van der Waals surface area (Å²) in [5.74, 6) is -0.971. The van der Waals surface area contributed by atoms with Gasteiger partial charge in [-0.1, -0.05) is 48.5 Å². The van der Waals surface area contributed by atoms with Crippen molar-refractivity contribution in [3.63, 3.8) is 0 Å². The first-order chi connectivity index (χ1) is 10.2. The minimum Gasteiger partial charge on any atom is -0.342 e. The molecule has 21 heavy (non-hydrogen) atoms. The molecule has 3 rings (SSSR count). The van der Waals surface area contributed by atoms with Crippen LogP contribution < -0.4 is 0 Å². The summed E-state index contributed by atoms with van der Waals surface area (Å²) in [5.41, 5.74) is 2.88. The van der Waals surface area contributed by atoms with Crippen LogP contribution in [-0.4, -0.2) is 19.0 Å². The van der Waals surface area contributed by atoms with Crippen LogP contribution in [0.3, 0.4) is 0 Å². The lowest BCUT2D eigenvalue weighted by atomic mass is 9.80. The predicted octanol–water partition coefficient (Wildman–Crippen LogP) is 3.51. The number of benzene rings is 2. The van der Waals surface area contributed by atoms with Crippen molar-refractivity contribution in [1.82, 2.24) is 0 Å². The van der Waals surface area contributed by atoms with Gasteiger partial charge >= 0.3 is 0 Å². The van der Waals surface area contributed by atoms with Crippen LogP contribution in [0.1, 0.15) is 40.9 Å². The summed E-state index contributed by atoms with van der Waals surface area (Å²) in [6.07, 6.45) is 0. The van der Waals surface area contributed by atoms with E-state index in [0.717, 1.165) is 11.1 Å². The first-order valence-corrected chi connectivity index (χ1v) is 7.26. The zero-order valence-electron chi connectivity index (χ0n) is 12.3. The molecule has 0 spiro atoms. The number of ketones is 1. The van der Waals surface area contributed by atoms with Crippen LogP contribution in [0.15, 0.2) is 48.5 Å². The predicted molar refractivity (Wildman–Crippen MR) is 80.3 cm³/mol. The molecule has 0 aromatic heterocycles. The second kappa shape index (κ2) is 5.43. The quantitative estimate of drug-likeness (QED) is 0.805. The summed E-state index contributed by atoms with van der Waals surface area (Å²) in [7, 11) is 0. The van der Waals surface area contributed by atoms with Crippen LogP contribution in [0.2, 0.25) is 0 Å². The van der Waals surface area contributed by atoms with Gasteiger partial charge in [-0.15, -0.1) is 0 Å². The molecule has 0 saturated carbocycles. The van der Waals surface area contributed by atoms with E-state index >= 15 is 0 Å². The second-order valence-corrected chi connectivity index (χ2v) is 4.90. The number of fused-ring (bicyclic) bond motifs is 2. The van der Waals surface area contributed by atoms with E-state index in [1.54, 1.807) is 0 Å². The Morgan fingerprint density at radius 3 is 1.67 bits per heavy atom. The standard InChI is InChI=1S/C18H18O3/c1-3-20-18(21-4-2)15-11-7-5-9-13(15)17(19)14-10-6-8-12-16(14)18/h5-12H,3-4H2,1-2H3. The molecule has 0 aliphatic heterocycles. The van der Waals surface area contributed by atoms with Gasteiger partial charge in [-0.2, -0.15) is 0 Å². The van der Waals surface area contributed by atoms with Crippen molar-refractivity contribution in [1.29, 1.82) is 0 Å². The molecule has 0 atom stereocenters. The normalized spacial score (nSPS) is 15.4. The number of rotatable bonds is 4. The minimum absolute atomic E-state index is 0.0243. The average Bonchev–Trinajstić information content (AvgIpc) is 2.53. The van der Waals surface area contributed by atoms with Crippen molar-refractivity contribution in [3.05, 3.63) is 70.8 Å². The minimum atomic E-state index is -0.995. The molecule has 0 N–H and O–H groups in total. The first kappa shape index (κ1) is 14.0. The van der Waals surface area contributed by atoms with E-state index in [0.29, 0.717) is 24.3 Å². The van der Waals surface area contributed by atoms with Crippen molar-refractivity contribution >= 4 is 5.78 Å². The molecule has 0 fully saturated rings. The third-order valence-electron chi connectivity index (χ3n) is 3.75. The van der Waals surface area contributed by atoms with Crippen molar-refractivity contribution < 1.29 is 14.3 Å². The molecule has 0 saturated heterocycles. The largest absolute Gasteiger partial charge is 0.342 e. The summed E-state index contributed by atoms with van der Waals surface area (Å²) >= 11 is 0. The van der Waals surface area contributed by atoms with Gasteiger partial charge in [-0.3, -0.25) is 4.79 Å². The van der Waals surface area contributed by atoms with Gasteiger partial charge in [0.2, 0.25) is 5.79 Å². The molecule has 108 valence electrons. The zero-order chi connectivity index (χ0) is 14.9. The summed E-state index contributed by atoms with van der Waals surface area (Å²) in [5, 5.41) is 0. The van der Waals surface area contributed by atoms with Crippen molar-refractivity contribution in [3.8, 4) is 0 Å². The molecule has 0 radical (unpaired) electrons. The van der Waals surface area contributed by atoms with Crippen molar-refractivity contribution in [2.45, 2.75) is 19.6 Å². The first-order valence-electron chi connectivity index (χ1n) is 7.26. The van der Waals surface area contributed by atoms with Crippen LogP contribution >= 0.6 is 0 Å². The Balaban J connectivity index is 2.33. The van der Waals surface area contributed by atoms with Crippen molar-refractivity contribution in [2.75, 3.05) is 13.2 Å². The maximum atomic E-state index is 12.7. The summed E-state index contributed by atoms with van der Waals surface area (Å²) < 4.78 is 12.1. The summed E-state index contributed by atoms with van der Waals surface area (Å²) in [6, 6.07) is 15.0. The van der Waals surface area contributed by atoms with Gasteiger partial charge < -0.3 is 9.47 Å². The van der Waals surface area contributed by atoms with E-state index in [2.05, 4.69) is 0 Å². The molecule has 0 heterocycles. The third kappa shape index (κ3) is 2.01. The monoisotopic (exact) mass is 282 g/mol. The van der Waals surface area contributed by atoms with Gasteiger partial charge in [-0.05, 0) is 13.8 Å². The highest BCUT2D eigenvalue weighted by atomic mass is 16.7. The lowest BCUT2D eigenvalue weighted by Gasteiger charge is -2.39. The fraction of sp³-hybridized carbons (Fsp3) is 0.278. The fourth-order valence-electron chi connectivity index (χ4n) is 2.99. The van der Waals surface area contributed by atoms with Crippen LogP contribution in [-0.2, 0) is 15.3 Å². The molecule has 2 aromatic rings. The van der Waals surface area contributed by atoms with Crippen LogP contribution in [0.5, 0.6) is 0 Å². The Labute approximate surface area is 124 Å². The molecule has 0 unspecified atom stereocenters. The Morgan fingerprint density at radius 1 is 0.810 bits per heavy atom. The summed E-state index contributed by atoms with van der Waals surface area (Å²) in [4.78, 5) is 12.7. The maximum absolute atomic E-state index is 12.7. The summed E-state index contributed by atoms with van der Waals surface area (Å²) in [6.45, 7) is 4.86. The van der Waals surface area contributed by atoms with Gasteiger partial charge in [0.1, 0.15) is 0 Å². The van der Waals surface area contributed by atoms with Gasteiger partial charge in [0.15, 0.2) is 5.78 Å². The smallest absolute Gasteiger partial charge is 0.223 e. The molecule has 1 aliphatic rings. The SMILES string of the molecule is CCOC1(OCC)c2ccccc2C(=O)c2ccccc21. The number of carbonyl (C=O) groups excluding carboxylic acids is 1. The lowest BCUT2D eigenvalue weighted by molar-refractivity contribution is -0.214. The van der Waals surface area contributed by atoms with E-state index in [-0.39, 0.29) is 5.78 Å². The second-order valence-electron chi connectivity index (χ2n) is 4.90. The third-order valence-corrected chi connectivity index (χ3v) is 3.75. The van der Waals surface area contributed by atoms with E-state index in [1.807, 2.05) is 62.4 Å². The molecule has 3 heteroatoms. The number of hydrogen-bond acceptors (Lipinski definition) is 3. The van der Waals surface area contributed by atoms with Crippen molar-refractivity contribution in [2.24, 2.45) is 0 Å². The Bertz CT molecular complexity index is 618. The highest BCUT2D eigenvalue weighted by Crippen LogP contribution is 2.43. The van der Waals surface area contributed by atoms with E-state index < -0.39 is 5.79 Å². The van der Waals surface area contributed by atoms with Crippen LogP contribution in [0, 0.1) is 0 Å². The molecule has 3 nitrogen and oxygen atoms in total. The Morgan fingerprint density at radius 2 is 1.24 bits per heavy atom. The van der Waals surface area contributed by atoms with E-state index in [9.17, 15) is 4.79 Å². The molecule has 1 aliphatic carbocycles. The van der Waals surface area contributed by atoms with E-state index in [4.69, 9.17) is 9.47 Å². The highest BCUT2D eigenvalue weighted by molar-refractivity contribution is 6.12. The molecular formula is C18H18O3. The van der Waals surface area contributed by atoms with E-state index in [1.165, 1.54) is 0 Å². The molecule has 0 amide bonds. The topological polar surface area (TPSA) is 35.5 Å².